The van der Waals surface area contributed by atoms with Gasteiger partial charge in [-0.2, -0.15) is 13.2 Å². The average Bonchev–Trinajstić information content (AvgIpc) is 3.64. The number of halogens is 3. The van der Waals surface area contributed by atoms with E-state index >= 15 is 0 Å². The van der Waals surface area contributed by atoms with Gasteiger partial charge in [-0.3, -0.25) is 19.5 Å². The number of carbonyl (C=O) groups is 2. The van der Waals surface area contributed by atoms with Crippen LogP contribution in [0.15, 0.2) is 64.2 Å². The number of hydrogen-bond donors (Lipinski definition) is 0. The molecule has 198 valence electrons. The van der Waals surface area contributed by atoms with Gasteiger partial charge in [0.05, 0.1) is 6.26 Å². The molecule has 1 unspecified atom stereocenters. The van der Waals surface area contributed by atoms with Gasteiger partial charge in [0, 0.05) is 56.6 Å². The number of benzene rings is 2. The Bertz CT molecular complexity index is 1410. The Morgan fingerprint density at radius 1 is 1.03 bits per heavy atom. The van der Waals surface area contributed by atoms with E-state index < -0.39 is 17.6 Å². The molecule has 3 aliphatic heterocycles. The summed E-state index contributed by atoms with van der Waals surface area (Å²) in [4.78, 5) is 32.8. The highest BCUT2D eigenvalue weighted by atomic mass is 19.4. The highest BCUT2D eigenvalue weighted by Crippen LogP contribution is 2.36. The molecule has 1 spiro atoms. The molecule has 10 heteroatoms. The molecule has 2 aromatic carbocycles. The monoisotopic (exact) mass is 525 g/mol. The Morgan fingerprint density at radius 3 is 2.47 bits per heavy atom. The zero-order valence-electron chi connectivity index (χ0n) is 20.5. The minimum absolute atomic E-state index is 0.0200. The number of amides is 2. The first kappa shape index (κ1) is 24.7. The molecule has 0 bridgehead atoms. The Labute approximate surface area is 216 Å². The highest BCUT2D eigenvalue weighted by Gasteiger charge is 2.50. The van der Waals surface area contributed by atoms with E-state index in [1.165, 1.54) is 0 Å². The second-order valence-corrected chi connectivity index (χ2v) is 10.1. The fourth-order valence-electron chi connectivity index (χ4n) is 5.64. The van der Waals surface area contributed by atoms with Gasteiger partial charge in [-0.1, -0.05) is 30.3 Å². The van der Waals surface area contributed by atoms with E-state index in [0.717, 1.165) is 32.6 Å². The molecule has 3 aliphatic rings. The molecule has 0 aliphatic carbocycles. The molecule has 2 amide bonds. The van der Waals surface area contributed by atoms with Crippen molar-refractivity contribution in [2.45, 2.75) is 31.0 Å². The largest absolute Gasteiger partial charge is 0.471 e. The van der Waals surface area contributed by atoms with Crippen LogP contribution in [0.4, 0.5) is 13.2 Å². The number of amidine groups is 1. The summed E-state index contributed by atoms with van der Waals surface area (Å²) in [6, 6.07) is 15.6. The van der Waals surface area contributed by atoms with E-state index in [0.29, 0.717) is 38.3 Å². The van der Waals surface area contributed by atoms with Crippen LogP contribution in [0.5, 0.6) is 0 Å². The van der Waals surface area contributed by atoms with Crippen LogP contribution < -0.4 is 0 Å². The highest BCUT2D eigenvalue weighted by molar-refractivity contribution is 6.15. The Kier molecular flexibility index (Phi) is 6.02. The first-order valence-corrected chi connectivity index (χ1v) is 12.7. The van der Waals surface area contributed by atoms with E-state index in [2.05, 4.69) is 0 Å². The number of likely N-dealkylation sites (tertiary alicyclic amines) is 1. The van der Waals surface area contributed by atoms with Crippen molar-refractivity contribution < 1.29 is 31.9 Å². The van der Waals surface area contributed by atoms with Crippen LogP contribution in [0.3, 0.4) is 0 Å². The molecule has 0 N–H and O–H groups in total. The lowest BCUT2D eigenvalue weighted by Gasteiger charge is -2.30. The normalized spacial score (nSPS) is 21.5. The van der Waals surface area contributed by atoms with Crippen LogP contribution >= 0.6 is 0 Å². The molecule has 0 radical (unpaired) electrons. The Hall–Kier alpha value is -3.66. The molecular formula is C28H26F3N3O4. The third kappa shape index (κ3) is 4.36. The van der Waals surface area contributed by atoms with E-state index in [4.69, 9.17) is 14.1 Å². The summed E-state index contributed by atoms with van der Waals surface area (Å²) >= 11 is 0. The summed E-state index contributed by atoms with van der Waals surface area (Å²) in [5.74, 6) is -1.72. The molecule has 0 saturated carbocycles. The molecule has 4 heterocycles. The van der Waals surface area contributed by atoms with E-state index in [1.54, 1.807) is 11.2 Å². The SMILES string of the molecule is O=C(N1CCC(CN2C(=O)C3(CCOCC3)N=C2c2ccc(-c3ccc4occc4c3)cc2)C1)C(F)(F)F. The number of nitrogens with zero attached hydrogens (tertiary/aromatic N) is 3. The van der Waals surface area contributed by atoms with E-state index in [1.807, 2.05) is 48.5 Å². The van der Waals surface area contributed by atoms with Crippen molar-refractivity contribution in [2.75, 3.05) is 32.8 Å². The van der Waals surface area contributed by atoms with Crippen LogP contribution in [0.25, 0.3) is 22.1 Å². The molecule has 3 aromatic rings. The van der Waals surface area contributed by atoms with E-state index in [-0.39, 0.29) is 31.5 Å². The Morgan fingerprint density at radius 2 is 1.74 bits per heavy atom. The van der Waals surface area contributed by atoms with Gasteiger partial charge in [-0.15, -0.1) is 0 Å². The fraction of sp³-hybridized carbons (Fsp3) is 0.393. The third-order valence-corrected chi connectivity index (χ3v) is 7.72. The van der Waals surface area contributed by atoms with Gasteiger partial charge in [-0.25, -0.2) is 0 Å². The molecule has 38 heavy (non-hydrogen) atoms. The summed E-state index contributed by atoms with van der Waals surface area (Å²) in [6.07, 6.45) is -1.95. The standard InChI is InChI=1S/C28H26F3N3O4/c29-28(30,31)26(36)33-11-7-18(16-33)17-34-24(32-27(25(34)35)9-13-37-14-10-27)20-3-1-19(2-4-20)21-5-6-23-22(15-21)8-12-38-23/h1-6,8,12,15,18H,7,9-11,13-14,16-17H2. The molecule has 7 nitrogen and oxygen atoms in total. The van der Waals surface area contributed by atoms with Crippen LogP contribution in [0.1, 0.15) is 24.8 Å². The molecule has 2 saturated heterocycles. The van der Waals surface area contributed by atoms with E-state index in [9.17, 15) is 22.8 Å². The minimum atomic E-state index is -4.90. The fourth-order valence-corrected chi connectivity index (χ4v) is 5.64. The second kappa shape index (κ2) is 9.27. The molecule has 6 rings (SSSR count). The van der Waals surface area contributed by atoms with Crippen molar-refractivity contribution in [2.24, 2.45) is 10.9 Å². The van der Waals surface area contributed by atoms with Gasteiger partial charge in [0.15, 0.2) is 0 Å². The Balaban J connectivity index is 1.26. The van der Waals surface area contributed by atoms with Crippen LogP contribution in [-0.2, 0) is 14.3 Å². The van der Waals surface area contributed by atoms with Crippen molar-refractivity contribution in [1.82, 2.24) is 9.80 Å². The predicted octanol–water partition coefficient (Wildman–Crippen LogP) is 4.65. The number of aliphatic imine (C=N–C) groups is 1. The van der Waals surface area contributed by atoms with Gasteiger partial charge in [-0.05, 0) is 41.7 Å². The smallest absolute Gasteiger partial charge is 0.464 e. The summed E-state index contributed by atoms with van der Waals surface area (Å²) in [5.41, 5.74) is 2.66. The zero-order chi connectivity index (χ0) is 26.5. The second-order valence-electron chi connectivity index (χ2n) is 10.1. The first-order valence-electron chi connectivity index (χ1n) is 12.7. The molecule has 1 atom stereocenters. The van der Waals surface area contributed by atoms with Crippen LogP contribution in [0.2, 0.25) is 0 Å². The maximum atomic E-state index is 13.7. The van der Waals surface area contributed by atoms with Crippen molar-refractivity contribution in [3.8, 4) is 11.1 Å². The molecular weight excluding hydrogens is 499 g/mol. The number of alkyl halides is 3. The van der Waals surface area contributed by atoms with Crippen LogP contribution in [-0.4, -0.2) is 72.0 Å². The number of fused-ring (bicyclic) bond motifs is 1. The number of ether oxygens (including phenoxy) is 1. The van der Waals surface area contributed by atoms with Crippen molar-refractivity contribution in [3.05, 3.63) is 60.4 Å². The topological polar surface area (TPSA) is 75.4 Å². The summed E-state index contributed by atoms with van der Waals surface area (Å²) < 4.78 is 49.7. The average molecular weight is 526 g/mol. The van der Waals surface area contributed by atoms with Gasteiger partial charge >= 0.3 is 12.1 Å². The summed E-state index contributed by atoms with van der Waals surface area (Å²) in [7, 11) is 0. The summed E-state index contributed by atoms with van der Waals surface area (Å²) in [6.45, 7) is 1.03. The van der Waals surface area contributed by atoms with Crippen LogP contribution in [0, 0.1) is 5.92 Å². The van der Waals surface area contributed by atoms with Gasteiger partial charge in [0.25, 0.3) is 5.91 Å². The molecule has 2 fully saturated rings. The lowest BCUT2D eigenvalue weighted by atomic mass is 9.90. The quantitative estimate of drug-likeness (QED) is 0.497. The number of carbonyl (C=O) groups excluding carboxylic acids is 2. The third-order valence-electron chi connectivity index (χ3n) is 7.72. The summed E-state index contributed by atoms with van der Waals surface area (Å²) in [5, 5.41) is 1.000. The zero-order valence-corrected chi connectivity index (χ0v) is 20.5. The predicted molar refractivity (Wildman–Crippen MR) is 133 cm³/mol. The van der Waals surface area contributed by atoms with Crippen molar-refractivity contribution in [1.29, 1.82) is 0 Å². The number of rotatable bonds is 4. The van der Waals surface area contributed by atoms with Gasteiger partial charge in [0.2, 0.25) is 0 Å². The number of hydrogen-bond acceptors (Lipinski definition) is 5. The van der Waals surface area contributed by atoms with Crippen molar-refractivity contribution in [3.63, 3.8) is 0 Å². The molecule has 1 aromatic heterocycles. The van der Waals surface area contributed by atoms with Gasteiger partial charge < -0.3 is 14.1 Å². The van der Waals surface area contributed by atoms with Gasteiger partial charge in [0.1, 0.15) is 17.0 Å². The number of furan rings is 1. The maximum absolute atomic E-state index is 13.7. The lowest BCUT2D eigenvalue weighted by Crippen LogP contribution is -2.47. The first-order chi connectivity index (χ1) is 18.2. The lowest BCUT2D eigenvalue weighted by molar-refractivity contribution is -0.184. The minimum Gasteiger partial charge on any atom is -0.464 e. The van der Waals surface area contributed by atoms with Crippen molar-refractivity contribution >= 4 is 28.6 Å². The maximum Gasteiger partial charge on any atom is 0.471 e.